The van der Waals surface area contributed by atoms with Crippen LogP contribution in [0.1, 0.15) is 27.3 Å². The molecule has 0 radical (unpaired) electrons. The lowest BCUT2D eigenvalue weighted by Gasteiger charge is -2.34. The molecule has 148 valence electrons. The average molecular weight is 402 g/mol. The molecule has 1 saturated heterocycles. The molecule has 28 heavy (non-hydrogen) atoms. The normalized spacial score (nSPS) is 15.4. The Kier molecular flexibility index (Phi) is 5.32. The van der Waals surface area contributed by atoms with E-state index in [2.05, 4.69) is 19.8 Å². The van der Waals surface area contributed by atoms with E-state index in [1.54, 1.807) is 19.1 Å². The Bertz CT molecular complexity index is 991. The van der Waals surface area contributed by atoms with Gasteiger partial charge < -0.3 is 15.0 Å². The van der Waals surface area contributed by atoms with Crippen LogP contribution in [0.5, 0.6) is 0 Å². The zero-order chi connectivity index (χ0) is 19.7. The van der Waals surface area contributed by atoms with Gasteiger partial charge in [-0.1, -0.05) is 11.3 Å². The van der Waals surface area contributed by atoms with Crippen molar-refractivity contribution in [2.24, 2.45) is 0 Å². The first kappa shape index (κ1) is 18.9. The number of nitrogens with one attached hydrogen (secondary N) is 1. The van der Waals surface area contributed by atoms with Gasteiger partial charge >= 0.3 is 5.97 Å². The Hall–Kier alpha value is -2.45. The molecule has 1 aromatic carbocycles. The minimum atomic E-state index is -0.906. The van der Waals surface area contributed by atoms with Crippen LogP contribution in [0.15, 0.2) is 24.4 Å². The first-order chi connectivity index (χ1) is 13.5. The molecule has 0 unspecified atom stereocenters. The van der Waals surface area contributed by atoms with Crippen molar-refractivity contribution in [2.75, 3.05) is 37.6 Å². The highest BCUT2D eigenvalue weighted by Gasteiger charge is 2.22. The first-order valence-corrected chi connectivity index (χ1v) is 10.3. The number of carbonyl (C=O) groups is 1. The van der Waals surface area contributed by atoms with Crippen LogP contribution < -0.4 is 4.90 Å². The number of aromatic nitrogens is 2. The second-order valence-corrected chi connectivity index (χ2v) is 8.13. The fraction of sp³-hybridized carbons (Fsp3) is 0.400. The zero-order valence-corrected chi connectivity index (χ0v) is 16.6. The number of halogens is 1. The lowest BCUT2D eigenvalue weighted by Crippen LogP contribution is -2.46. The summed E-state index contributed by atoms with van der Waals surface area (Å²) in [5.74, 6) is -1.11. The second kappa shape index (κ2) is 7.89. The largest absolute Gasteiger partial charge is 0.477 e. The second-order valence-electron chi connectivity index (χ2n) is 7.15. The minimum Gasteiger partial charge on any atom is -0.477 e. The third-order valence-electron chi connectivity index (χ3n) is 5.27. The smallest absolute Gasteiger partial charge is 0.347 e. The van der Waals surface area contributed by atoms with Crippen molar-refractivity contribution in [3.63, 3.8) is 0 Å². The molecule has 1 aliphatic rings. The van der Waals surface area contributed by atoms with E-state index in [4.69, 9.17) is 0 Å². The van der Waals surface area contributed by atoms with Crippen LogP contribution in [0.4, 0.5) is 9.52 Å². The molecular weight excluding hydrogens is 379 g/mol. The highest BCUT2D eigenvalue weighted by atomic mass is 32.1. The molecule has 6 nitrogen and oxygen atoms in total. The third-order valence-corrected chi connectivity index (χ3v) is 6.48. The van der Waals surface area contributed by atoms with Gasteiger partial charge in [-0.15, -0.1) is 0 Å². The molecule has 3 heterocycles. The summed E-state index contributed by atoms with van der Waals surface area (Å²) in [6.45, 7) is 6.31. The van der Waals surface area contributed by atoms with Crippen LogP contribution in [-0.2, 0) is 6.42 Å². The predicted octanol–water partition coefficient (Wildman–Crippen LogP) is 3.52. The number of hydrogen-bond acceptors (Lipinski definition) is 5. The SMILES string of the molecule is Cc1nc(N2CCN(CCCc3c[nH]c4ccc(F)cc34)CC2)sc1C(=O)O. The third kappa shape index (κ3) is 3.88. The van der Waals surface area contributed by atoms with Gasteiger partial charge in [0.15, 0.2) is 5.13 Å². The maximum Gasteiger partial charge on any atom is 0.347 e. The molecule has 4 rings (SSSR count). The van der Waals surface area contributed by atoms with E-state index in [1.165, 1.54) is 17.4 Å². The number of carboxylic acid groups (broad SMARTS) is 1. The Morgan fingerprint density at radius 2 is 2.11 bits per heavy atom. The van der Waals surface area contributed by atoms with Gasteiger partial charge in [0.2, 0.25) is 0 Å². The highest BCUT2D eigenvalue weighted by Crippen LogP contribution is 2.27. The molecule has 2 aromatic heterocycles. The Morgan fingerprint density at radius 3 is 2.82 bits per heavy atom. The van der Waals surface area contributed by atoms with Gasteiger partial charge in [-0.05, 0) is 50.1 Å². The number of aromatic carboxylic acids is 1. The number of nitrogens with zero attached hydrogens (tertiary/aromatic N) is 3. The highest BCUT2D eigenvalue weighted by molar-refractivity contribution is 7.17. The fourth-order valence-corrected chi connectivity index (χ4v) is 4.69. The zero-order valence-electron chi connectivity index (χ0n) is 15.7. The quantitative estimate of drug-likeness (QED) is 0.660. The van der Waals surface area contributed by atoms with Gasteiger partial charge in [0.1, 0.15) is 10.7 Å². The molecule has 0 saturated carbocycles. The molecule has 0 amide bonds. The number of hydrogen-bond donors (Lipinski definition) is 2. The number of anilines is 1. The standard InChI is InChI=1S/C20H23FN4O2S/c1-13-18(19(26)27)28-20(23-13)25-9-7-24(8-10-25)6-2-3-14-12-22-17-5-4-15(21)11-16(14)17/h4-5,11-12,22H,2-3,6-10H2,1H3,(H,26,27). The van der Waals surface area contributed by atoms with E-state index in [0.717, 1.165) is 67.2 Å². The monoisotopic (exact) mass is 402 g/mol. The van der Waals surface area contributed by atoms with E-state index in [1.807, 2.05) is 6.20 Å². The van der Waals surface area contributed by atoms with Crippen LogP contribution in [0.25, 0.3) is 10.9 Å². The maximum absolute atomic E-state index is 13.5. The number of aryl methyl sites for hydroxylation is 2. The van der Waals surface area contributed by atoms with Gasteiger partial charge in [-0.25, -0.2) is 14.2 Å². The van der Waals surface area contributed by atoms with Gasteiger partial charge in [-0.3, -0.25) is 4.90 Å². The van der Waals surface area contributed by atoms with Crippen LogP contribution in [0.2, 0.25) is 0 Å². The fourth-order valence-electron chi connectivity index (χ4n) is 3.73. The Morgan fingerprint density at radius 1 is 1.32 bits per heavy atom. The topological polar surface area (TPSA) is 72.5 Å². The lowest BCUT2D eigenvalue weighted by molar-refractivity contribution is 0.0701. The average Bonchev–Trinajstić information content (AvgIpc) is 3.26. The summed E-state index contributed by atoms with van der Waals surface area (Å²) < 4.78 is 13.5. The first-order valence-electron chi connectivity index (χ1n) is 9.45. The summed E-state index contributed by atoms with van der Waals surface area (Å²) in [5.41, 5.74) is 2.72. The molecule has 3 aromatic rings. The van der Waals surface area contributed by atoms with Crippen molar-refractivity contribution in [1.29, 1.82) is 0 Å². The van der Waals surface area contributed by atoms with Crippen molar-refractivity contribution in [3.05, 3.63) is 46.3 Å². The summed E-state index contributed by atoms with van der Waals surface area (Å²) in [4.78, 5) is 23.8. The molecule has 1 aliphatic heterocycles. The maximum atomic E-state index is 13.5. The van der Waals surface area contributed by atoms with Crippen molar-refractivity contribution >= 4 is 33.3 Å². The van der Waals surface area contributed by atoms with Gasteiger partial charge in [0, 0.05) is 43.3 Å². The number of aromatic amines is 1. The van der Waals surface area contributed by atoms with E-state index in [0.29, 0.717) is 10.6 Å². The van der Waals surface area contributed by atoms with Gasteiger partial charge in [0.25, 0.3) is 0 Å². The molecule has 0 spiro atoms. The molecule has 1 fully saturated rings. The summed E-state index contributed by atoms with van der Waals surface area (Å²) in [7, 11) is 0. The Labute approximate surface area is 166 Å². The van der Waals surface area contributed by atoms with E-state index < -0.39 is 5.97 Å². The number of benzene rings is 1. The molecular formula is C20H23FN4O2S. The number of fused-ring (bicyclic) bond motifs is 1. The molecule has 0 aliphatic carbocycles. The molecule has 2 N–H and O–H groups in total. The van der Waals surface area contributed by atoms with Crippen molar-refractivity contribution in [2.45, 2.75) is 19.8 Å². The van der Waals surface area contributed by atoms with E-state index in [9.17, 15) is 14.3 Å². The number of H-pyrrole nitrogens is 1. The van der Waals surface area contributed by atoms with Crippen LogP contribution in [0, 0.1) is 12.7 Å². The summed E-state index contributed by atoms with van der Waals surface area (Å²) in [6.07, 6.45) is 3.91. The van der Waals surface area contributed by atoms with Crippen molar-refractivity contribution in [3.8, 4) is 0 Å². The Balaban J connectivity index is 1.28. The number of piperazine rings is 1. The van der Waals surface area contributed by atoms with E-state index >= 15 is 0 Å². The van der Waals surface area contributed by atoms with Crippen LogP contribution in [-0.4, -0.2) is 58.7 Å². The molecule has 8 heteroatoms. The molecule has 0 atom stereocenters. The van der Waals surface area contributed by atoms with Crippen molar-refractivity contribution < 1.29 is 14.3 Å². The number of carboxylic acids is 1. The van der Waals surface area contributed by atoms with E-state index in [-0.39, 0.29) is 5.82 Å². The lowest BCUT2D eigenvalue weighted by atomic mass is 10.1. The minimum absolute atomic E-state index is 0.201. The summed E-state index contributed by atoms with van der Waals surface area (Å²) in [6, 6.07) is 4.86. The predicted molar refractivity (Wildman–Crippen MR) is 109 cm³/mol. The summed E-state index contributed by atoms with van der Waals surface area (Å²) >= 11 is 1.26. The van der Waals surface area contributed by atoms with Crippen LogP contribution in [0.3, 0.4) is 0 Å². The van der Waals surface area contributed by atoms with Crippen LogP contribution >= 0.6 is 11.3 Å². The van der Waals surface area contributed by atoms with Gasteiger partial charge in [0.05, 0.1) is 5.69 Å². The number of rotatable bonds is 6. The summed E-state index contributed by atoms with van der Waals surface area (Å²) in [5, 5.41) is 11.0. The van der Waals surface area contributed by atoms with Gasteiger partial charge in [-0.2, -0.15) is 0 Å². The molecule has 0 bridgehead atoms. The van der Waals surface area contributed by atoms with Crippen molar-refractivity contribution in [1.82, 2.24) is 14.9 Å². The number of thiazole rings is 1.